The zero-order valence-electron chi connectivity index (χ0n) is 18.4. The lowest BCUT2D eigenvalue weighted by Gasteiger charge is -2.07. The van der Waals surface area contributed by atoms with Crippen molar-refractivity contribution in [3.63, 3.8) is 0 Å². The third kappa shape index (κ3) is 7.31. The van der Waals surface area contributed by atoms with E-state index in [-0.39, 0.29) is 12.8 Å². The van der Waals surface area contributed by atoms with Crippen LogP contribution in [0, 0.1) is 0 Å². The first kappa shape index (κ1) is 24.2. The van der Waals surface area contributed by atoms with Gasteiger partial charge in [0.25, 0.3) is 0 Å². The Morgan fingerprint density at radius 2 is 1.06 bits per heavy atom. The van der Waals surface area contributed by atoms with Crippen molar-refractivity contribution < 1.29 is 28.5 Å². The maximum atomic E-state index is 11.9. The Morgan fingerprint density at radius 1 is 0.688 bits per heavy atom. The van der Waals surface area contributed by atoms with Gasteiger partial charge in [-0.15, -0.1) is 0 Å². The number of nitrogens with zero attached hydrogens (tertiary/aromatic N) is 2. The number of carbonyl (C=O) groups is 2. The van der Waals surface area contributed by atoms with Gasteiger partial charge < -0.3 is 18.9 Å². The normalized spacial score (nSPS) is 10.8. The Labute approximate surface area is 186 Å². The van der Waals surface area contributed by atoms with E-state index in [0.717, 1.165) is 0 Å². The van der Waals surface area contributed by atoms with Gasteiger partial charge in [-0.05, 0) is 47.5 Å². The maximum Gasteiger partial charge on any atom is 0.240 e. The molecule has 170 valence electrons. The van der Waals surface area contributed by atoms with Crippen molar-refractivity contribution in [3.05, 3.63) is 47.5 Å². The molecule has 0 aliphatic carbocycles. The van der Waals surface area contributed by atoms with Gasteiger partial charge in [0.05, 0.1) is 40.9 Å². The minimum Gasteiger partial charge on any atom is -0.493 e. The summed E-state index contributed by atoms with van der Waals surface area (Å²) in [6, 6.07) is 10.4. The molecule has 2 aromatic carbocycles. The molecule has 0 aromatic heterocycles. The summed E-state index contributed by atoms with van der Waals surface area (Å²) < 4.78 is 20.7. The van der Waals surface area contributed by atoms with Gasteiger partial charge in [-0.25, -0.2) is 10.9 Å². The van der Waals surface area contributed by atoms with E-state index in [4.69, 9.17) is 18.9 Å². The molecule has 0 saturated heterocycles. The van der Waals surface area contributed by atoms with E-state index in [9.17, 15) is 9.59 Å². The monoisotopic (exact) mass is 442 g/mol. The van der Waals surface area contributed by atoms with Crippen molar-refractivity contribution in [2.24, 2.45) is 10.2 Å². The lowest BCUT2D eigenvalue weighted by molar-refractivity contribution is -0.126. The highest BCUT2D eigenvalue weighted by molar-refractivity contribution is 5.87. The second kappa shape index (κ2) is 12.6. The molecule has 32 heavy (non-hydrogen) atoms. The number of nitrogens with one attached hydrogen (secondary N) is 2. The molecule has 0 aliphatic rings. The molecule has 2 N–H and O–H groups in total. The summed E-state index contributed by atoms with van der Waals surface area (Å²) in [7, 11) is 6.15. The summed E-state index contributed by atoms with van der Waals surface area (Å²) in [4.78, 5) is 23.7. The average molecular weight is 442 g/mol. The third-order valence-corrected chi connectivity index (χ3v) is 4.20. The summed E-state index contributed by atoms with van der Waals surface area (Å²) in [6.07, 6.45) is 2.85. The molecule has 0 fully saturated rings. The SMILES string of the molecule is COc1ccc(/C=N/NC(=O)CCC(=O)N/N=C/c2ccc(OC)c(OC)c2)cc1OC. The van der Waals surface area contributed by atoms with E-state index in [0.29, 0.717) is 34.1 Å². The molecule has 0 atom stereocenters. The fraction of sp³-hybridized carbons (Fsp3) is 0.273. The maximum absolute atomic E-state index is 11.9. The number of hydrogen-bond donors (Lipinski definition) is 2. The van der Waals surface area contributed by atoms with Crippen molar-refractivity contribution in [2.45, 2.75) is 12.8 Å². The van der Waals surface area contributed by atoms with Crippen LogP contribution >= 0.6 is 0 Å². The average Bonchev–Trinajstić information content (AvgIpc) is 2.82. The first-order chi connectivity index (χ1) is 15.5. The van der Waals surface area contributed by atoms with Crippen molar-refractivity contribution in [1.82, 2.24) is 10.9 Å². The number of amides is 2. The van der Waals surface area contributed by atoms with Crippen LogP contribution in [0.25, 0.3) is 0 Å². The number of methoxy groups -OCH3 is 4. The number of hydrogen-bond acceptors (Lipinski definition) is 8. The largest absolute Gasteiger partial charge is 0.493 e. The number of benzene rings is 2. The summed E-state index contributed by atoms with van der Waals surface area (Å²) in [5, 5.41) is 7.76. The molecular formula is C22H26N4O6. The van der Waals surface area contributed by atoms with E-state index < -0.39 is 11.8 Å². The Kier molecular flexibility index (Phi) is 9.51. The van der Waals surface area contributed by atoms with Crippen LogP contribution in [0.1, 0.15) is 24.0 Å². The van der Waals surface area contributed by atoms with Gasteiger partial charge in [0, 0.05) is 12.8 Å². The van der Waals surface area contributed by atoms with Crippen molar-refractivity contribution in [2.75, 3.05) is 28.4 Å². The molecule has 0 bridgehead atoms. The first-order valence-electron chi connectivity index (χ1n) is 9.58. The molecule has 0 radical (unpaired) electrons. The standard InChI is InChI=1S/C22H26N4O6/c1-29-17-7-5-15(11-19(17)31-3)13-23-25-21(27)9-10-22(28)26-24-14-16-6-8-18(30-2)20(12-16)32-4/h5-8,11-14H,9-10H2,1-4H3,(H,25,27)(H,26,28)/b23-13+,24-14+. The highest BCUT2D eigenvalue weighted by Gasteiger charge is 2.07. The molecule has 0 spiro atoms. The molecule has 0 unspecified atom stereocenters. The second-order valence-electron chi connectivity index (χ2n) is 6.32. The molecule has 10 nitrogen and oxygen atoms in total. The zero-order chi connectivity index (χ0) is 23.3. The second-order valence-corrected chi connectivity index (χ2v) is 6.32. The van der Waals surface area contributed by atoms with Gasteiger partial charge in [-0.3, -0.25) is 9.59 Å². The van der Waals surface area contributed by atoms with Crippen LogP contribution in [-0.2, 0) is 9.59 Å². The van der Waals surface area contributed by atoms with Gasteiger partial charge >= 0.3 is 0 Å². The number of ether oxygens (including phenoxy) is 4. The van der Waals surface area contributed by atoms with Gasteiger partial charge in [-0.2, -0.15) is 10.2 Å². The molecule has 10 heteroatoms. The summed E-state index contributed by atoms with van der Waals surface area (Å²) in [5.41, 5.74) is 6.17. The van der Waals surface area contributed by atoms with E-state index in [2.05, 4.69) is 21.1 Å². The van der Waals surface area contributed by atoms with Crippen LogP contribution in [-0.4, -0.2) is 52.7 Å². The van der Waals surface area contributed by atoms with Crippen LogP contribution in [0.3, 0.4) is 0 Å². The fourth-order valence-electron chi connectivity index (χ4n) is 2.56. The fourth-order valence-corrected chi connectivity index (χ4v) is 2.56. The van der Waals surface area contributed by atoms with E-state index in [1.54, 1.807) is 50.6 Å². The summed E-state index contributed by atoms with van der Waals surface area (Å²) >= 11 is 0. The summed E-state index contributed by atoms with van der Waals surface area (Å²) in [6.45, 7) is 0. The van der Waals surface area contributed by atoms with Crippen molar-refractivity contribution in [1.29, 1.82) is 0 Å². The van der Waals surface area contributed by atoms with Crippen LogP contribution in [0.5, 0.6) is 23.0 Å². The van der Waals surface area contributed by atoms with E-state index in [1.807, 2.05) is 0 Å². The Morgan fingerprint density at radius 3 is 1.41 bits per heavy atom. The molecule has 0 saturated carbocycles. The molecule has 0 aliphatic heterocycles. The highest BCUT2D eigenvalue weighted by Crippen LogP contribution is 2.27. The van der Waals surface area contributed by atoms with E-state index in [1.165, 1.54) is 26.6 Å². The van der Waals surface area contributed by atoms with Gasteiger partial charge in [0.2, 0.25) is 11.8 Å². The van der Waals surface area contributed by atoms with Crippen LogP contribution in [0.15, 0.2) is 46.6 Å². The molecule has 2 aromatic rings. The quantitative estimate of drug-likeness (QED) is 0.406. The highest BCUT2D eigenvalue weighted by atomic mass is 16.5. The lowest BCUT2D eigenvalue weighted by atomic mass is 10.2. The van der Waals surface area contributed by atoms with Gasteiger partial charge in [0.15, 0.2) is 23.0 Å². The smallest absolute Gasteiger partial charge is 0.240 e. The topological polar surface area (TPSA) is 120 Å². The number of hydrazone groups is 2. The Hall–Kier alpha value is -4.08. The molecule has 2 rings (SSSR count). The minimum atomic E-state index is -0.402. The van der Waals surface area contributed by atoms with Gasteiger partial charge in [-0.1, -0.05) is 0 Å². The number of rotatable bonds is 11. The third-order valence-electron chi connectivity index (χ3n) is 4.20. The molecular weight excluding hydrogens is 416 g/mol. The van der Waals surface area contributed by atoms with Crippen molar-refractivity contribution in [3.8, 4) is 23.0 Å². The van der Waals surface area contributed by atoms with E-state index >= 15 is 0 Å². The molecule has 0 heterocycles. The predicted molar refractivity (Wildman–Crippen MR) is 120 cm³/mol. The zero-order valence-corrected chi connectivity index (χ0v) is 18.4. The Balaban J connectivity index is 1.76. The van der Waals surface area contributed by atoms with Gasteiger partial charge in [0.1, 0.15) is 0 Å². The van der Waals surface area contributed by atoms with Crippen LogP contribution < -0.4 is 29.8 Å². The predicted octanol–water partition coefficient (Wildman–Crippen LogP) is 2.10. The number of carbonyl (C=O) groups excluding carboxylic acids is 2. The van der Waals surface area contributed by atoms with Crippen molar-refractivity contribution >= 4 is 24.2 Å². The van der Waals surface area contributed by atoms with Crippen LogP contribution in [0.2, 0.25) is 0 Å². The minimum absolute atomic E-state index is 0.0407. The lowest BCUT2D eigenvalue weighted by Crippen LogP contribution is -2.22. The molecule has 2 amide bonds. The van der Waals surface area contributed by atoms with Crippen LogP contribution in [0.4, 0.5) is 0 Å². The summed E-state index contributed by atoms with van der Waals surface area (Å²) in [5.74, 6) is 1.48. The Bertz CT molecular complexity index is 911. The first-order valence-corrected chi connectivity index (χ1v) is 9.58.